The summed E-state index contributed by atoms with van der Waals surface area (Å²) in [5, 5.41) is 0.570. The van der Waals surface area contributed by atoms with Crippen LogP contribution in [0.1, 0.15) is 5.69 Å². The molecule has 2 N–H and O–H groups in total. The summed E-state index contributed by atoms with van der Waals surface area (Å²) in [4.78, 5) is 15.3. The van der Waals surface area contributed by atoms with Crippen molar-refractivity contribution in [2.24, 2.45) is 5.73 Å². The summed E-state index contributed by atoms with van der Waals surface area (Å²) in [5.74, 6) is 0.984. The molecule has 0 saturated heterocycles. The Kier molecular flexibility index (Phi) is 4.02. The number of nitrogens with two attached hydrogens (primary N) is 1. The minimum atomic E-state index is -0.791. The second kappa shape index (κ2) is 6.11. The lowest BCUT2D eigenvalue weighted by atomic mass is 10.2. The van der Waals surface area contributed by atoms with Crippen LogP contribution in [0.4, 0.5) is 0 Å². The molecule has 0 spiro atoms. The van der Waals surface area contributed by atoms with Crippen LogP contribution in [-0.2, 0) is 11.4 Å². The summed E-state index contributed by atoms with van der Waals surface area (Å²) in [6.45, 7) is 0.396. The van der Waals surface area contributed by atoms with Crippen molar-refractivity contribution >= 4 is 17.5 Å². The average molecular weight is 321 g/mol. The number of hydrogen-bond acceptors (Lipinski definition) is 5. The second-order valence-corrected chi connectivity index (χ2v) is 5.12. The molecule has 7 heteroatoms. The topological polar surface area (TPSA) is 83.7 Å². The van der Waals surface area contributed by atoms with Gasteiger partial charge in [0.15, 0.2) is 11.5 Å². The molecule has 0 bridgehead atoms. The minimum Gasteiger partial charge on any atom is -0.487 e. The van der Waals surface area contributed by atoms with E-state index in [1.807, 2.05) is 0 Å². The first-order valence-electron chi connectivity index (χ1n) is 6.58. The van der Waals surface area contributed by atoms with Crippen molar-refractivity contribution in [2.45, 2.75) is 12.7 Å². The molecular weight excluding hydrogens is 308 g/mol. The van der Waals surface area contributed by atoms with Gasteiger partial charge in [-0.3, -0.25) is 9.78 Å². The Morgan fingerprint density at radius 2 is 2.23 bits per heavy atom. The zero-order valence-electron chi connectivity index (χ0n) is 11.5. The summed E-state index contributed by atoms with van der Waals surface area (Å²) >= 11 is 5.78. The van der Waals surface area contributed by atoms with E-state index in [1.165, 1.54) is 0 Å². The van der Waals surface area contributed by atoms with Crippen LogP contribution >= 0.6 is 11.6 Å². The molecular formula is C15H13ClN2O4. The van der Waals surface area contributed by atoms with E-state index in [4.69, 9.17) is 31.5 Å². The van der Waals surface area contributed by atoms with Gasteiger partial charge < -0.3 is 19.9 Å². The molecule has 0 fully saturated rings. The van der Waals surface area contributed by atoms with Crippen LogP contribution in [0.15, 0.2) is 36.5 Å². The van der Waals surface area contributed by atoms with Gasteiger partial charge in [-0.2, -0.15) is 0 Å². The van der Waals surface area contributed by atoms with E-state index in [0.717, 1.165) is 5.69 Å². The van der Waals surface area contributed by atoms with Crippen molar-refractivity contribution in [3.63, 3.8) is 0 Å². The number of benzene rings is 1. The number of carbonyl (C=O) groups excluding carboxylic acids is 1. The molecule has 0 saturated carbocycles. The van der Waals surface area contributed by atoms with Crippen LogP contribution in [-0.4, -0.2) is 23.6 Å². The van der Waals surface area contributed by atoms with Gasteiger partial charge in [0.2, 0.25) is 6.10 Å². The van der Waals surface area contributed by atoms with E-state index >= 15 is 0 Å². The van der Waals surface area contributed by atoms with Gasteiger partial charge in [-0.25, -0.2) is 0 Å². The van der Waals surface area contributed by atoms with E-state index in [0.29, 0.717) is 22.3 Å². The Labute approximate surface area is 131 Å². The monoisotopic (exact) mass is 320 g/mol. The number of primary amides is 1. The Balaban J connectivity index is 1.69. The molecule has 0 aliphatic carbocycles. The van der Waals surface area contributed by atoms with Crippen LogP contribution in [0.3, 0.4) is 0 Å². The Morgan fingerprint density at radius 1 is 1.36 bits per heavy atom. The Morgan fingerprint density at radius 3 is 2.95 bits per heavy atom. The zero-order chi connectivity index (χ0) is 15.5. The van der Waals surface area contributed by atoms with E-state index in [-0.39, 0.29) is 13.2 Å². The first kappa shape index (κ1) is 14.5. The van der Waals surface area contributed by atoms with Gasteiger partial charge in [-0.1, -0.05) is 11.6 Å². The van der Waals surface area contributed by atoms with Crippen molar-refractivity contribution in [3.05, 3.63) is 47.2 Å². The molecule has 22 heavy (non-hydrogen) atoms. The fraction of sp³-hybridized carbons (Fsp3) is 0.200. The smallest absolute Gasteiger partial charge is 0.262 e. The highest BCUT2D eigenvalue weighted by Crippen LogP contribution is 2.35. The van der Waals surface area contributed by atoms with Crippen molar-refractivity contribution in [3.8, 4) is 17.2 Å². The number of amides is 1. The predicted octanol–water partition coefficient (Wildman–Crippen LogP) is 1.94. The van der Waals surface area contributed by atoms with Crippen LogP contribution in [0.2, 0.25) is 5.02 Å². The molecule has 114 valence electrons. The SMILES string of the molecule is NC(=O)[C@H]1COc2ccc(OCc3ccc(Cl)cn3)cc2O1. The van der Waals surface area contributed by atoms with E-state index in [9.17, 15) is 4.79 Å². The maximum atomic E-state index is 11.2. The van der Waals surface area contributed by atoms with E-state index in [1.54, 1.807) is 36.5 Å². The lowest BCUT2D eigenvalue weighted by Crippen LogP contribution is -2.40. The Hall–Kier alpha value is -2.47. The highest BCUT2D eigenvalue weighted by molar-refractivity contribution is 6.30. The molecule has 0 unspecified atom stereocenters. The first-order valence-corrected chi connectivity index (χ1v) is 6.95. The maximum absolute atomic E-state index is 11.2. The molecule has 6 nitrogen and oxygen atoms in total. The van der Waals surface area contributed by atoms with Crippen molar-refractivity contribution in [1.29, 1.82) is 0 Å². The maximum Gasteiger partial charge on any atom is 0.262 e. The van der Waals surface area contributed by atoms with Gasteiger partial charge >= 0.3 is 0 Å². The fourth-order valence-corrected chi connectivity index (χ4v) is 2.04. The number of halogens is 1. The lowest BCUT2D eigenvalue weighted by Gasteiger charge is -2.24. The van der Waals surface area contributed by atoms with Gasteiger partial charge in [-0.05, 0) is 24.3 Å². The highest BCUT2D eigenvalue weighted by Gasteiger charge is 2.25. The molecule has 1 aliphatic rings. The van der Waals surface area contributed by atoms with Crippen molar-refractivity contribution in [1.82, 2.24) is 4.98 Å². The summed E-state index contributed by atoms with van der Waals surface area (Å²) in [6, 6.07) is 8.65. The normalized spacial score (nSPS) is 16.1. The third-order valence-electron chi connectivity index (χ3n) is 3.07. The summed E-state index contributed by atoms with van der Waals surface area (Å²) in [7, 11) is 0. The number of rotatable bonds is 4. The average Bonchev–Trinajstić information content (AvgIpc) is 2.53. The lowest BCUT2D eigenvalue weighted by molar-refractivity contribution is -0.127. The van der Waals surface area contributed by atoms with Crippen molar-refractivity contribution < 1.29 is 19.0 Å². The third-order valence-corrected chi connectivity index (χ3v) is 3.29. The van der Waals surface area contributed by atoms with E-state index < -0.39 is 12.0 Å². The third kappa shape index (κ3) is 3.23. The number of carbonyl (C=O) groups is 1. The van der Waals surface area contributed by atoms with Gasteiger partial charge in [0.25, 0.3) is 5.91 Å². The van der Waals surface area contributed by atoms with Gasteiger partial charge in [0, 0.05) is 12.3 Å². The number of ether oxygens (including phenoxy) is 3. The summed E-state index contributed by atoms with van der Waals surface area (Å²) < 4.78 is 16.5. The number of hydrogen-bond donors (Lipinski definition) is 1. The fourth-order valence-electron chi connectivity index (χ4n) is 1.93. The van der Waals surface area contributed by atoms with Crippen molar-refractivity contribution in [2.75, 3.05) is 6.61 Å². The van der Waals surface area contributed by atoms with Gasteiger partial charge in [0.1, 0.15) is 19.0 Å². The molecule has 1 atom stereocenters. The quantitative estimate of drug-likeness (QED) is 0.930. The molecule has 2 aromatic rings. The highest BCUT2D eigenvalue weighted by atomic mass is 35.5. The van der Waals surface area contributed by atoms with Gasteiger partial charge in [0.05, 0.1) is 10.7 Å². The van der Waals surface area contributed by atoms with Crippen LogP contribution < -0.4 is 19.9 Å². The second-order valence-electron chi connectivity index (χ2n) is 4.68. The molecule has 0 radical (unpaired) electrons. The minimum absolute atomic E-state index is 0.108. The molecule has 1 aromatic carbocycles. The zero-order valence-corrected chi connectivity index (χ0v) is 12.2. The predicted molar refractivity (Wildman–Crippen MR) is 79.1 cm³/mol. The van der Waals surface area contributed by atoms with Crippen LogP contribution in [0, 0.1) is 0 Å². The number of pyridine rings is 1. The number of fused-ring (bicyclic) bond motifs is 1. The van der Waals surface area contributed by atoms with E-state index in [2.05, 4.69) is 4.98 Å². The molecule has 2 heterocycles. The van der Waals surface area contributed by atoms with Crippen LogP contribution in [0.5, 0.6) is 17.2 Å². The number of aromatic nitrogens is 1. The molecule has 1 aliphatic heterocycles. The molecule has 1 amide bonds. The number of nitrogens with zero attached hydrogens (tertiary/aromatic N) is 1. The molecule has 1 aromatic heterocycles. The Bertz CT molecular complexity index is 690. The van der Waals surface area contributed by atoms with Gasteiger partial charge in [-0.15, -0.1) is 0 Å². The largest absolute Gasteiger partial charge is 0.487 e. The summed E-state index contributed by atoms with van der Waals surface area (Å²) in [6.07, 6.45) is 0.766. The standard InChI is InChI=1S/C15H13ClN2O4/c16-9-1-2-10(18-6-9)7-20-11-3-4-12-13(5-11)22-14(8-21-12)15(17)19/h1-6,14H,7-8H2,(H2,17,19)/t14-/m1/s1. The summed E-state index contributed by atoms with van der Waals surface area (Å²) in [5.41, 5.74) is 5.96. The van der Waals surface area contributed by atoms with Crippen LogP contribution in [0.25, 0.3) is 0 Å². The first-order chi connectivity index (χ1) is 10.6. The molecule has 3 rings (SSSR count).